The fourth-order valence-electron chi connectivity index (χ4n) is 2.60. The monoisotopic (exact) mass is 360 g/mol. The average Bonchev–Trinajstić information content (AvgIpc) is 3.34. The van der Waals surface area contributed by atoms with Crippen LogP contribution in [0, 0.1) is 0 Å². The largest absolute Gasteiger partial charge is 0.313 e. The summed E-state index contributed by atoms with van der Waals surface area (Å²) in [6.07, 6.45) is 3.52. The van der Waals surface area contributed by atoms with Crippen molar-refractivity contribution in [1.82, 2.24) is 14.5 Å². The Balaban J connectivity index is 1.49. The van der Waals surface area contributed by atoms with E-state index in [0.717, 1.165) is 16.1 Å². The highest BCUT2D eigenvalue weighted by atomic mass is 32.1. The number of nitrogens with zero attached hydrogens (tertiary/aromatic N) is 3. The van der Waals surface area contributed by atoms with E-state index < -0.39 is 0 Å². The lowest BCUT2D eigenvalue weighted by atomic mass is 10.2. The lowest BCUT2D eigenvalue weighted by molar-refractivity contribution is 0.102. The van der Waals surface area contributed by atoms with Crippen LogP contribution in [-0.2, 0) is 6.54 Å². The number of carbonyl (C=O) groups is 1. The first kappa shape index (κ1) is 16.2. The van der Waals surface area contributed by atoms with E-state index in [2.05, 4.69) is 15.3 Å². The van der Waals surface area contributed by atoms with Gasteiger partial charge in [-0.25, -0.2) is 9.97 Å². The third-order valence-corrected chi connectivity index (χ3v) is 4.79. The second-order valence-electron chi connectivity index (χ2n) is 5.72. The zero-order chi connectivity index (χ0) is 17.8. The van der Waals surface area contributed by atoms with Gasteiger partial charge in [-0.3, -0.25) is 10.1 Å². The first-order valence-electron chi connectivity index (χ1n) is 8.17. The highest BCUT2D eigenvalue weighted by Gasteiger charge is 2.14. The fraction of sp³-hybridized carbons (Fsp3) is 0.0500. The highest BCUT2D eigenvalue weighted by molar-refractivity contribution is 7.13. The van der Waals surface area contributed by atoms with Crippen LogP contribution in [-0.4, -0.2) is 20.4 Å². The Morgan fingerprint density at radius 3 is 2.54 bits per heavy atom. The molecule has 2 heterocycles. The number of rotatable bonds is 5. The van der Waals surface area contributed by atoms with Crippen LogP contribution in [0.1, 0.15) is 16.1 Å². The predicted octanol–water partition coefficient (Wildman–Crippen LogP) is 4.31. The zero-order valence-electron chi connectivity index (χ0n) is 13.9. The number of nitrogens with one attached hydrogen (secondary N) is 1. The molecular formula is C20H16N4OS. The molecule has 0 unspecified atom stereocenters. The van der Waals surface area contributed by atoms with Crippen LogP contribution in [0.25, 0.3) is 10.6 Å². The molecule has 0 spiro atoms. The molecule has 0 radical (unpaired) electrons. The molecule has 1 N–H and O–H groups in total. The number of anilines is 1. The van der Waals surface area contributed by atoms with Gasteiger partial charge in [-0.2, -0.15) is 0 Å². The molecule has 0 aliphatic heterocycles. The van der Waals surface area contributed by atoms with Crippen molar-refractivity contribution in [2.75, 3.05) is 5.32 Å². The number of hydrogen-bond acceptors (Lipinski definition) is 4. The smallest absolute Gasteiger partial charge is 0.277 e. The number of hydrogen-bond donors (Lipinski definition) is 1. The summed E-state index contributed by atoms with van der Waals surface area (Å²) in [5.74, 6) is 0.247. The second kappa shape index (κ2) is 7.33. The molecule has 0 saturated carbocycles. The van der Waals surface area contributed by atoms with Crippen LogP contribution in [0.4, 0.5) is 5.95 Å². The number of benzene rings is 2. The molecule has 128 valence electrons. The Morgan fingerprint density at radius 2 is 1.77 bits per heavy atom. The van der Waals surface area contributed by atoms with Crippen molar-refractivity contribution in [3.05, 3.63) is 89.7 Å². The molecule has 26 heavy (non-hydrogen) atoms. The van der Waals surface area contributed by atoms with Crippen LogP contribution >= 0.6 is 11.3 Å². The first-order chi connectivity index (χ1) is 12.8. The molecule has 0 aliphatic rings. The molecule has 2 aromatic carbocycles. The van der Waals surface area contributed by atoms with Crippen LogP contribution in [0.5, 0.6) is 0 Å². The number of imidazole rings is 1. The summed E-state index contributed by atoms with van der Waals surface area (Å²) in [7, 11) is 0. The summed E-state index contributed by atoms with van der Waals surface area (Å²) in [6, 6.07) is 19.9. The molecule has 0 atom stereocenters. The van der Waals surface area contributed by atoms with E-state index in [1.54, 1.807) is 11.6 Å². The van der Waals surface area contributed by atoms with E-state index >= 15 is 0 Å². The summed E-state index contributed by atoms with van der Waals surface area (Å²) in [6.45, 7) is 0.642. The zero-order valence-corrected chi connectivity index (χ0v) is 14.7. The van der Waals surface area contributed by atoms with Crippen LogP contribution in [0.15, 0.2) is 78.4 Å². The topological polar surface area (TPSA) is 59.8 Å². The molecule has 1 amide bonds. The minimum Gasteiger partial charge on any atom is -0.313 e. The normalized spacial score (nSPS) is 10.6. The van der Waals surface area contributed by atoms with Gasteiger partial charge < -0.3 is 4.57 Å². The van der Waals surface area contributed by atoms with E-state index in [4.69, 9.17) is 0 Å². The average molecular weight is 360 g/mol. The van der Waals surface area contributed by atoms with Crippen LogP contribution in [0.3, 0.4) is 0 Å². The first-order valence-corrected chi connectivity index (χ1v) is 9.05. The van der Waals surface area contributed by atoms with E-state index in [9.17, 15) is 4.79 Å². The van der Waals surface area contributed by atoms with Gasteiger partial charge in [0.1, 0.15) is 10.7 Å². The quantitative estimate of drug-likeness (QED) is 0.577. The Kier molecular flexibility index (Phi) is 4.57. The summed E-state index contributed by atoms with van der Waals surface area (Å²) in [5, 5.41) is 5.44. The molecule has 2 aromatic heterocycles. The van der Waals surface area contributed by atoms with Crippen molar-refractivity contribution in [2.24, 2.45) is 0 Å². The Labute approximate surface area is 155 Å². The second-order valence-corrected chi connectivity index (χ2v) is 6.58. The fourth-order valence-corrected chi connectivity index (χ4v) is 3.40. The summed E-state index contributed by atoms with van der Waals surface area (Å²) < 4.78 is 1.90. The van der Waals surface area contributed by atoms with Gasteiger partial charge in [-0.1, -0.05) is 60.7 Å². The van der Waals surface area contributed by atoms with Gasteiger partial charge in [0.25, 0.3) is 5.91 Å². The maximum Gasteiger partial charge on any atom is 0.277 e. The summed E-state index contributed by atoms with van der Waals surface area (Å²) >= 11 is 1.45. The molecule has 4 aromatic rings. The van der Waals surface area contributed by atoms with E-state index in [-0.39, 0.29) is 5.91 Å². The molecule has 5 nitrogen and oxygen atoms in total. The van der Waals surface area contributed by atoms with Crippen LogP contribution < -0.4 is 5.32 Å². The standard InChI is InChI=1S/C20H16N4OS/c25-18(17-14-26-19(22-17)16-9-5-2-6-10-16)23-20-21-11-12-24(20)13-15-7-3-1-4-8-15/h1-12,14H,13H2,(H,21,23,25). The van der Waals surface area contributed by atoms with Gasteiger partial charge >= 0.3 is 0 Å². The molecule has 0 bridgehead atoms. The van der Waals surface area contributed by atoms with Crippen molar-refractivity contribution in [2.45, 2.75) is 6.54 Å². The maximum absolute atomic E-state index is 12.5. The molecule has 0 aliphatic carbocycles. The number of aromatic nitrogens is 3. The minimum absolute atomic E-state index is 0.260. The van der Waals surface area contributed by atoms with Crippen molar-refractivity contribution in [3.63, 3.8) is 0 Å². The summed E-state index contributed by atoms with van der Waals surface area (Å²) in [5.41, 5.74) is 2.53. The maximum atomic E-state index is 12.5. The molecular weight excluding hydrogens is 344 g/mol. The molecule has 0 fully saturated rings. The number of amides is 1. The Morgan fingerprint density at radius 1 is 1.04 bits per heavy atom. The lowest BCUT2D eigenvalue weighted by Crippen LogP contribution is -2.16. The van der Waals surface area contributed by atoms with E-state index in [1.165, 1.54) is 11.3 Å². The van der Waals surface area contributed by atoms with Gasteiger partial charge in [0.15, 0.2) is 0 Å². The van der Waals surface area contributed by atoms with Crippen molar-refractivity contribution < 1.29 is 4.79 Å². The Bertz CT molecular complexity index is 1010. The van der Waals surface area contributed by atoms with Crippen molar-refractivity contribution in [1.29, 1.82) is 0 Å². The summed E-state index contributed by atoms with van der Waals surface area (Å²) in [4.78, 5) is 21.2. The van der Waals surface area contributed by atoms with Gasteiger partial charge in [-0.05, 0) is 5.56 Å². The SMILES string of the molecule is O=C(Nc1nccn1Cc1ccccc1)c1csc(-c2ccccc2)n1. The molecule has 0 saturated heterocycles. The van der Waals surface area contributed by atoms with Gasteiger partial charge in [0, 0.05) is 23.3 Å². The predicted molar refractivity (Wildman–Crippen MR) is 103 cm³/mol. The molecule has 4 rings (SSSR count). The van der Waals surface area contributed by atoms with Gasteiger partial charge in [0.2, 0.25) is 5.95 Å². The number of carbonyl (C=O) groups excluding carboxylic acids is 1. The van der Waals surface area contributed by atoms with Crippen LogP contribution in [0.2, 0.25) is 0 Å². The number of thiazole rings is 1. The Hall–Kier alpha value is -3.25. The molecule has 6 heteroatoms. The van der Waals surface area contributed by atoms with Crippen molar-refractivity contribution in [3.8, 4) is 10.6 Å². The third-order valence-electron chi connectivity index (χ3n) is 3.89. The third kappa shape index (κ3) is 3.55. The van der Waals surface area contributed by atoms with Gasteiger partial charge in [0.05, 0.1) is 6.54 Å². The van der Waals surface area contributed by atoms with E-state index in [0.29, 0.717) is 18.2 Å². The van der Waals surface area contributed by atoms with Gasteiger partial charge in [-0.15, -0.1) is 11.3 Å². The van der Waals surface area contributed by atoms with Crippen molar-refractivity contribution >= 4 is 23.2 Å². The lowest BCUT2D eigenvalue weighted by Gasteiger charge is -2.08. The van der Waals surface area contributed by atoms with E-state index in [1.807, 2.05) is 71.4 Å². The highest BCUT2D eigenvalue weighted by Crippen LogP contribution is 2.23. The minimum atomic E-state index is -0.260.